The Balaban J connectivity index is 0.959. The molecule has 5 spiro atoms. The molecule has 10 aliphatic carbocycles. The summed E-state index contributed by atoms with van der Waals surface area (Å²) >= 11 is 0. The number of fused-ring (bicyclic) bond motifs is 12. The van der Waals surface area contributed by atoms with Crippen LogP contribution in [0.5, 0.6) is 0 Å². The van der Waals surface area contributed by atoms with Gasteiger partial charge in [-0.1, -0.05) is 92.7 Å². The average molecular weight is 1020 g/mol. The Morgan fingerprint density at radius 1 is 0.842 bits per heavy atom. The highest BCUT2D eigenvalue weighted by molar-refractivity contribution is 6.01. The quantitative estimate of drug-likeness (QED) is 0.171. The van der Waals surface area contributed by atoms with Gasteiger partial charge in [-0.05, 0) is 203 Å². The highest BCUT2D eigenvalue weighted by Crippen LogP contribution is 2.89. The van der Waals surface area contributed by atoms with Crippen LogP contribution in [0.1, 0.15) is 188 Å². The van der Waals surface area contributed by atoms with Gasteiger partial charge in [0.25, 0.3) is 0 Å². The smallest absolute Gasteiger partial charge is 0.339 e. The summed E-state index contributed by atoms with van der Waals surface area (Å²) in [7, 11) is 0. The Kier molecular flexibility index (Phi) is 9.41. The van der Waals surface area contributed by atoms with Gasteiger partial charge >= 0.3 is 11.9 Å². The lowest BCUT2D eigenvalue weighted by atomic mass is 9.27. The standard InChI is InChI=1S/C68H83N3O5/c1-37-28-44-19-20-50-45-29-46-36-70(50)58(44)55-48-21-26-66-61-60(72)54-42(31-51(46)71(35-45)59(54)47-33-64(22-4-5-23-64)65(34-47)24-6-7-25-65)13-8-12-40-16-15-39(14-9-27-69)53-57(40)68(66,76-62(53)73)52-32-41(38-10-2-3-11-38)17-18-43(30-49(37)55)56(48)67(52,66)63(74)75-61/h15-18,37-38,41-43,45-47,49-52,54-55,59,72H,2-7,9-12,14,19-36,69H2,1H3. The van der Waals surface area contributed by atoms with Gasteiger partial charge in [0.05, 0.1) is 11.0 Å². The molecule has 9 fully saturated rings. The van der Waals surface area contributed by atoms with Gasteiger partial charge in [-0.3, -0.25) is 9.69 Å². The Bertz CT molecular complexity index is 2960. The van der Waals surface area contributed by atoms with Crippen LogP contribution in [0.3, 0.4) is 0 Å². The van der Waals surface area contributed by atoms with Crippen molar-refractivity contribution in [1.29, 1.82) is 0 Å². The van der Waals surface area contributed by atoms with Gasteiger partial charge in [0.15, 0.2) is 11.4 Å². The summed E-state index contributed by atoms with van der Waals surface area (Å²) in [5, 5.41) is 14.7. The number of esters is 2. The van der Waals surface area contributed by atoms with E-state index in [2.05, 4.69) is 52.8 Å². The molecule has 16 unspecified atom stereocenters. The zero-order valence-electron chi connectivity index (χ0n) is 45.5. The number of rotatable bonds is 5. The first-order chi connectivity index (χ1) is 37.1. The van der Waals surface area contributed by atoms with Gasteiger partial charge in [-0.25, -0.2) is 4.79 Å². The van der Waals surface area contributed by atoms with Crippen LogP contribution in [0.25, 0.3) is 0 Å². The molecule has 8 heteroatoms. The predicted molar refractivity (Wildman–Crippen MR) is 290 cm³/mol. The molecule has 5 saturated carbocycles. The van der Waals surface area contributed by atoms with Gasteiger partial charge in [0.1, 0.15) is 11.2 Å². The van der Waals surface area contributed by atoms with Crippen molar-refractivity contribution in [3.63, 3.8) is 0 Å². The highest BCUT2D eigenvalue weighted by atomic mass is 16.6. The van der Waals surface area contributed by atoms with E-state index in [-0.39, 0.29) is 53.5 Å². The molecule has 6 aliphatic heterocycles. The molecular formula is C68H83N3O5. The van der Waals surface area contributed by atoms with Crippen LogP contribution in [0.4, 0.5) is 0 Å². The van der Waals surface area contributed by atoms with Gasteiger partial charge in [-0.2, -0.15) is 0 Å². The number of nitrogens with zero attached hydrogens (tertiary/aromatic N) is 2. The SMILES string of the molecule is CC1CC2=C3C4C5=C6C(C=CC(C7CCCC7)CC7C68C(=O)OC6=C(O)C9C(C#CCc%10ccc(CCCN)c%11c%10C7(OC%11=O)C68CC5)CC5C6CC(CN5C9C5CC7(CCCC7)C7(CCCC7)C5)C(CC2)N3C6)CC14. The zero-order chi connectivity index (χ0) is 50.4. The van der Waals surface area contributed by atoms with E-state index in [1.165, 1.54) is 121 Å². The first-order valence-electron chi connectivity index (χ1n) is 32.0. The number of nitrogens with two attached hydrogens (primary N) is 1. The Hall–Kier alpha value is -3.80. The predicted octanol–water partition coefficient (Wildman–Crippen LogP) is 12.2. The van der Waals surface area contributed by atoms with E-state index >= 15 is 9.59 Å². The third kappa shape index (κ3) is 5.20. The summed E-state index contributed by atoms with van der Waals surface area (Å²) in [6, 6.07) is 5.52. The minimum Gasteiger partial charge on any atom is -0.508 e. The van der Waals surface area contributed by atoms with E-state index in [0.717, 1.165) is 61.9 Å². The number of carbonyl (C=O) groups is 2. The molecule has 16 atom stereocenters. The minimum absolute atomic E-state index is 0.0847. The number of benzene rings is 1. The van der Waals surface area contributed by atoms with Crippen LogP contribution in [-0.4, -0.2) is 64.6 Å². The number of aliphatic hydroxyl groups excluding tert-OH is 1. The summed E-state index contributed by atoms with van der Waals surface area (Å²) < 4.78 is 15.2. The Morgan fingerprint density at radius 2 is 1.63 bits per heavy atom. The Morgan fingerprint density at radius 3 is 2.42 bits per heavy atom. The number of ether oxygens (including phenoxy) is 2. The van der Waals surface area contributed by atoms with Crippen molar-refractivity contribution >= 4 is 11.9 Å². The molecular weight excluding hydrogens is 939 g/mol. The summed E-state index contributed by atoms with van der Waals surface area (Å²) in [6.07, 6.45) is 34.8. The van der Waals surface area contributed by atoms with Gasteiger partial charge < -0.3 is 25.2 Å². The number of aryl methyl sites for hydroxylation is 1. The molecule has 8 nitrogen and oxygen atoms in total. The lowest BCUT2D eigenvalue weighted by molar-refractivity contribution is -0.283. The number of hydrogen-bond donors (Lipinski definition) is 2. The van der Waals surface area contributed by atoms with Crippen molar-refractivity contribution in [1.82, 2.24) is 9.80 Å². The first-order valence-corrected chi connectivity index (χ1v) is 32.0. The first kappa shape index (κ1) is 46.0. The van der Waals surface area contributed by atoms with Gasteiger partial charge in [0, 0.05) is 72.6 Å². The van der Waals surface area contributed by atoms with Gasteiger partial charge in [0.2, 0.25) is 0 Å². The molecule has 4 saturated heterocycles. The Labute approximate surface area is 451 Å². The molecule has 0 radical (unpaired) electrons. The number of aliphatic hydroxyl groups is 1. The molecule has 2 bridgehead atoms. The van der Waals surface area contributed by atoms with Crippen LogP contribution >= 0.6 is 0 Å². The molecule has 76 heavy (non-hydrogen) atoms. The molecule has 0 aromatic heterocycles. The maximum atomic E-state index is 17.0. The maximum absolute atomic E-state index is 17.0. The van der Waals surface area contributed by atoms with Crippen LogP contribution in [0, 0.1) is 105 Å². The second kappa shape index (κ2) is 15.6. The highest BCUT2D eigenvalue weighted by Gasteiger charge is 2.94. The van der Waals surface area contributed by atoms with Crippen molar-refractivity contribution in [2.24, 2.45) is 98.4 Å². The fourth-order valence-electron chi connectivity index (χ4n) is 25.5. The molecule has 3 N–H and O–H groups in total. The van der Waals surface area contributed by atoms with Crippen LogP contribution < -0.4 is 5.73 Å². The van der Waals surface area contributed by atoms with Crippen molar-refractivity contribution in [3.05, 3.63) is 80.5 Å². The summed E-state index contributed by atoms with van der Waals surface area (Å²) in [5.41, 5.74) is 13.8. The van der Waals surface area contributed by atoms with Crippen molar-refractivity contribution in [2.45, 2.75) is 198 Å². The van der Waals surface area contributed by atoms with E-state index in [9.17, 15) is 5.11 Å². The number of piperidine rings is 3. The maximum Gasteiger partial charge on any atom is 0.339 e. The molecule has 6 heterocycles. The van der Waals surface area contributed by atoms with Crippen molar-refractivity contribution < 1.29 is 24.2 Å². The lowest BCUT2D eigenvalue weighted by Crippen LogP contribution is -2.78. The number of hydrogen-bond acceptors (Lipinski definition) is 8. The van der Waals surface area contributed by atoms with Crippen molar-refractivity contribution in [3.8, 4) is 11.8 Å². The number of carbonyl (C=O) groups excluding carboxylic acids is 2. The zero-order valence-corrected chi connectivity index (χ0v) is 45.5. The van der Waals surface area contributed by atoms with E-state index in [0.29, 0.717) is 101 Å². The second-order valence-corrected chi connectivity index (χ2v) is 29.7. The van der Waals surface area contributed by atoms with Crippen LogP contribution in [-0.2, 0) is 32.7 Å². The second-order valence-electron chi connectivity index (χ2n) is 29.7. The normalized spacial score (nSPS) is 46.0. The van der Waals surface area contributed by atoms with E-state index in [1.807, 2.05) is 0 Å². The van der Waals surface area contributed by atoms with Crippen LogP contribution in [0.2, 0.25) is 0 Å². The van der Waals surface area contributed by atoms with E-state index in [4.69, 9.17) is 15.2 Å². The van der Waals surface area contributed by atoms with E-state index < -0.39 is 16.4 Å². The molecule has 1 aromatic rings. The topological polar surface area (TPSA) is 105 Å². The summed E-state index contributed by atoms with van der Waals surface area (Å²) in [4.78, 5) is 38.9. The monoisotopic (exact) mass is 1020 g/mol. The molecule has 400 valence electrons. The largest absolute Gasteiger partial charge is 0.508 e. The van der Waals surface area contributed by atoms with Crippen LogP contribution in [0.15, 0.2) is 58.2 Å². The number of allylic oxidation sites excluding steroid dienone is 4. The van der Waals surface area contributed by atoms with Gasteiger partial charge in [-0.15, -0.1) is 0 Å². The van der Waals surface area contributed by atoms with E-state index in [1.54, 1.807) is 16.8 Å². The van der Waals surface area contributed by atoms with Crippen molar-refractivity contribution in [2.75, 3.05) is 19.6 Å². The minimum atomic E-state index is -1.19. The molecule has 16 aliphatic rings. The fourth-order valence-corrected chi connectivity index (χ4v) is 25.5. The average Bonchev–Trinajstić information content (AvgIpc) is 2.25. The molecule has 0 amide bonds. The molecule has 17 rings (SSSR count). The summed E-state index contributed by atoms with van der Waals surface area (Å²) in [6.45, 7) is 5.36. The lowest BCUT2D eigenvalue weighted by Gasteiger charge is -2.73. The fraction of sp³-hybridized carbons (Fsp3) is 0.735. The third-order valence-corrected chi connectivity index (χ3v) is 27.7. The summed E-state index contributed by atoms with van der Waals surface area (Å²) in [5.74, 6) is 11.6. The molecule has 1 aromatic carbocycles. The third-order valence-electron chi connectivity index (χ3n) is 27.7.